The minimum Gasteiger partial charge on any atom is -0.427 e. The summed E-state index contributed by atoms with van der Waals surface area (Å²) >= 11 is 3.89. The van der Waals surface area contributed by atoms with E-state index in [1.165, 1.54) is 33.8 Å². The summed E-state index contributed by atoms with van der Waals surface area (Å²) in [4.78, 5) is 56.9. The largest absolute Gasteiger partial charge is 0.427 e. The number of esters is 2. The summed E-state index contributed by atoms with van der Waals surface area (Å²) in [5.74, 6) is -1.90. The molecular formula is C23H31N5O8S3. The molecule has 3 aliphatic rings. The van der Waals surface area contributed by atoms with Gasteiger partial charge in [0.25, 0.3) is 5.91 Å². The van der Waals surface area contributed by atoms with Crippen molar-refractivity contribution in [3.8, 4) is 0 Å². The number of hydrogen-bond acceptors (Lipinski definition) is 14. The van der Waals surface area contributed by atoms with Crippen molar-refractivity contribution in [3.63, 3.8) is 0 Å². The number of fused-ring (bicyclic) bond motifs is 1. The molecule has 13 nitrogen and oxygen atoms in total. The molecule has 0 spiro atoms. The number of hydrogen-bond donors (Lipinski definition) is 3. The van der Waals surface area contributed by atoms with Gasteiger partial charge < -0.3 is 35.4 Å². The Morgan fingerprint density at radius 2 is 2.05 bits per heavy atom. The molecule has 1 aromatic rings. The summed E-state index contributed by atoms with van der Waals surface area (Å²) < 4.78 is 14.9. The second kappa shape index (κ2) is 11.9. The minimum absolute atomic E-state index is 0.0769. The molecule has 3 aliphatic heterocycles. The van der Waals surface area contributed by atoms with E-state index in [1.54, 1.807) is 20.8 Å². The predicted octanol–water partition coefficient (Wildman–Crippen LogP) is 1.04. The zero-order valence-electron chi connectivity index (χ0n) is 21.7. The van der Waals surface area contributed by atoms with Crippen molar-refractivity contribution in [1.82, 2.24) is 15.2 Å². The number of ether oxygens (including phenoxy) is 3. The standard InChI is InChI=1S/C23H31N5O8S3/c1-22(2,3)19(31)35-11-36-20(32)23(39-12-4-6-34-7-5-12)9-28-17(30)15(18(28)38-10-23)26-16(29)14(27-33)13-8-37-21(24)25-13/h8,12,15,18,33H,4-7,9-11H2,1-3H3,(H2,24,25)(H,26,29)/t15?,18-,23?/m1/s1. The number of anilines is 1. The van der Waals surface area contributed by atoms with Crippen LogP contribution in [-0.2, 0) is 33.4 Å². The van der Waals surface area contributed by atoms with E-state index in [2.05, 4.69) is 15.5 Å². The number of thiazole rings is 1. The average Bonchev–Trinajstić information content (AvgIpc) is 3.33. The first-order valence-corrected chi connectivity index (χ1v) is 15.0. The van der Waals surface area contributed by atoms with Gasteiger partial charge in [-0.3, -0.25) is 19.2 Å². The van der Waals surface area contributed by atoms with Crippen LogP contribution in [0.2, 0.25) is 0 Å². The lowest BCUT2D eigenvalue weighted by Crippen LogP contribution is -2.75. The first-order chi connectivity index (χ1) is 18.4. The van der Waals surface area contributed by atoms with E-state index in [0.717, 1.165) is 24.2 Å². The number of nitrogen functional groups attached to an aromatic ring is 1. The van der Waals surface area contributed by atoms with Crippen molar-refractivity contribution in [2.45, 2.75) is 55.0 Å². The number of nitrogens with two attached hydrogens (primary N) is 1. The summed E-state index contributed by atoms with van der Waals surface area (Å²) in [6.45, 7) is 5.82. The van der Waals surface area contributed by atoms with E-state index in [-0.39, 0.29) is 34.2 Å². The maximum Gasteiger partial charge on any atom is 0.327 e. The van der Waals surface area contributed by atoms with Crippen molar-refractivity contribution in [2.75, 3.05) is 38.0 Å². The zero-order valence-corrected chi connectivity index (χ0v) is 24.2. The number of carbonyl (C=O) groups is 4. The van der Waals surface area contributed by atoms with Crippen LogP contribution in [0.5, 0.6) is 0 Å². The number of aromatic nitrogens is 1. The summed E-state index contributed by atoms with van der Waals surface area (Å²) in [6, 6.07) is -0.870. The molecule has 16 heteroatoms. The van der Waals surface area contributed by atoms with Gasteiger partial charge in [0.1, 0.15) is 21.9 Å². The van der Waals surface area contributed by atoms with Crippen molar-refractivity contribution in [1.29, 1.82) is 0 Å². The van der Waals surface area contributed by atoms with Gasteiger partial charge in [-0.2, -0.15) is 0 Å². The van der Waals surface area contributed by atoms with Crippen molar-refractivity contribution in [3.05, 3.63) is 11.1 Å². The van der Waals surface area contributed by atoms with Gasteiger partial charge in [0.15, 0.2) is 10.8 Å². The molecule has 0 aliphatic carbocycles. The van der Waals surface area contributed by atoms with E-state index in [1.807, 2.05) is 0 Å². The number of carbonyl (C=O) groups excluding carboxylic acids is 4. The highest BCUT2D eigenvalue weighted by molar-refractivity contribution is 8.05. The Labute approximate surface area is 237 Å². The van der Waals surface area contributed by atoms with E-state index < -0.39 is 46.2 Å². The molecule has 2 unspecified atom stereocenters. The summed E-state index contributed by atoms with van der Waals surface area (Å²) in [7, 11) is 0. The van der Waals surface area contributed by atoms with Gasteiger partial charge in [0.2, 0.25) is 12.7 Å². The van der Waals surface area contributed by atoms with Gasteiger partial charge >= 0.3 is 11.9 Å². The summed E-state index contributed by atoms with van der Waals surface area (Å²) in [5, 5.41) is 16.4. The number of β-lactam (4-membered cyclic amide) rings is 1. The van der Waals surface area contributed by atoms with Crippen molar-refractivity contribution in [2.24, 2.45) is 10.6 Å². The third kappa shape index (κ3) is 6.44. The summed E-state index contributed by atoms with van der Waals surface area (Å²) in [5.41, 5.74) is 4.60. The van der Waals surface area contributed by atoms with Gasteiger partial charge in [-0.15, -0.1) is 34.9 Å². The van der Waals surface area contributed by atoms with Gasteiger partial charge in [0, 0.05) is 36.1 Å². The number of nitrogens with zero attached hydrogens (tertiary/aromatic N) is 3. The van der Waals surface area contributed by atoms with Crippen molar-refractivity contribution >= 4 is 69.5 Å². The highest BCUT2D eigenvalue weighted by atomic mass is 32.2. The molecule has 3 saturated heterocycles. The lowest BCUT2D eigenvalue weighted by atomic mass is 9.98. The van der Waals surface area contributed by atoms with Crippen LogP contribution in [-0.4, -0.2) is 98.3 Å². The van der Waals surface area contributed by atoms with Crippen LogP contribution in [0.3, 0.4) is 0 Å². The van der Waals surface area contributed by atoms with Crippen LogP contribution < -0.4 is 11.1 Å². The van der Waals surface area contributed by atoms with Crippen LogP contribution in [0, 0.1) is 5.41 Å². The third-order valence-corrected chi connectivity index (χ3v) is 10.4. The lowest BCUT2D eigenvalue weighted by Gasteiger charge is -2.54. The molecule has 0 radical (unpaired) electrons. The average molecular weight is 602 g/mol. The Hall–Kier alpha value is -2.56. The highest BCUT2D eigenvalue weighted by Gasteiger charge is 2.59. The number of rotatable bonds is 8. The Kier molecular flexibility index (Phi) is 8.98. The van der Waals surface area contributed by atoms with Crippen LogP contribution in [0.4, 0.5) is 5.13 Å². The topological polar surface area (TPSA) is 183 Å². The third-order valence-electron chi connectivity index (χ3n) is 6.35. The predicted molar refractivity (Wildman–Crippen MR) is 145 cm³/mol. The van der Waals surface area contributed by atoms with Crippen LogP contribution in [0.15, 0.2) is 10.5 Å². The molecule has 2 amide bonds. The number of oxime groups is 1. The molecule has 0 saturated carbocycles. The van der Waals surface area contributed by atoms with Gasteiger partial charge in [0.05, 0.1) is 5.41 Å². The number of nitrogens with one attached hydrogen (secondary N) is 1. The lowest BCUT2D eigenvalue weighted by molar-refractivity contribution is -0.175. The normalized spacial score (nSPS) is 25.9. The Balaban J connectivity index is 1.43. The molecule has 39 heavy (non-hydrogen) atoms. The second-order valence-electron chi connectivity index (χ2n) is 10.3. The Morgan fingerprint density at radius 3 is 2.67 bits per heavy atom. The maximum absolute atomic E-state index is 13.4. The monoisotopic (exact) mass is 601 g/mol. The maximum atomic E-state index is 13.4. The Bertz CT molecular complexity index is 1150. The van der Waals surface area contributed by atoms with E-state index in [9.17, 15) is 24.4 Å². The van der Waals surface area contributed by atoms with Crippen LogP contribution >= 0.6 is 34.9 Å². The fourth-order valence-corrected chi connectivity index (χ4v) is 8.05. The van der Waals surface area contributed by atoms with Gasteiger partial charge in [-0.25, -0.2) is 4.98 Å². The smallest absolute Gasteiger partial charge is 0.327 e. The molecule has 3 fully saturated rings. The van der Waals surface area contributed by atoms with Crippen molar-refractivity contribution < 1.29 is 38.6 Å². The zero-order chi connectivity index (χ0) is 28.4. The fraction of sp³-hybridized carbons (Fsp3) is 0.652. The Morgan fingerprint density at radius 1 is 1.33 bits per heavy atom. The SMILES string of the molecule is CC(C)(C)C(=O)OCOC(=O)C1(SC2CCOCC2)CS[C@@H]2C(NC(=O)C(=NO)c3csc(N)n3)C(=O)N2C1. The molecular weight excluding hydrogens is 570 g/mol. The van der Waals surface area contributed by atoms with Crippen LogP contribution in [0.1, 0.15) is 39.3 Å². The van der Waals surface area contributed by atoms with E-state index >= 15 is 0 Å². The molecule has 1 aromatic heterocycles. The highest BCUT2D eigenvalue weighted by Crippen LogP contribution is 2.47. The summed E-state index contributed by atoms with van der Waals surface area (Å²) in [6.07, 6.45) is 1.51. The van der Waals surface area contributed by atoms with E-state index in [4.69, 9.17) is 19.9 Å². The molecule has 3 atom stereocenters. The molecule has 0 aromatic carbocycles. The second-order valence-corrected chi connectivity index (χ2v) is 14.0. The first-order valence-electron chi connectivity index (χ1n) is 12.2. The molecule has 4 heterocycles. The molecule has 4 rings (SSSR count). The molecule has 0 bridgehead atoms. The van der Waals surface area contributed by atoms with Gasteiger partial charge in [-0.05, 0) is 33.6 Å². The van der Waals surface area contributed by atoms with E-state index in [0.29, 0.717) is 19.0 Å². The fourth-order valence-electron chi connectivity index (χ4n) is 4.21. The van der Waals surface area contributed by atoms with Gasteiger partial charge in [-0.1, -0.05) is 5.16 Å². The first kappa shape index (κ1) is 29.4. The number of thioether (sulfide) groups is 2. The molecule has 4 N–H and O–H groups in total. The minimum atomic E-state index is -1.09. The number of amides is 2. The van der Waals surface area contributed by atoms with Crippen LogP contribution in [0.25, 0.3) is 0 Å². The molecule has 214 valence electrons. The quantitative estimate of drug-likeness (QED) is 0.0963.